The van der Waals surface area contributed by atoms with E-state index in [1.54, 1.807) is 37.4 Å². The van der Waals surface area contributed by atoms with Gasteiger partial charge in [0, 0.05) is 20.1 Å². The molecule has 0 saturated heterocycles. The summed E-state index contributed by atoms with van der Waals surface area (Å²) in [6.07, 6.45) is -0.225. The maximum Gasteiger partial charge on any atom is 0.415 e. The predicted octanol–water partition coefficient (Wildman–Crippen LogP) is 4.05. The van der Waals surface area contributed by atoms with Gasteiger partial charge in [0.25, 0.3) is 0 Å². The van der Waals surface area contributed by atoms with Gasteiger partial charge in [0.15, 0.2) is 5.82 Å². The molecule has 27 heavy (non-hydrogen) atoms. The summed E-state index contributed by atoms with van der Waals surface area (Å²) >= 11 is 6.52. The average Bonchev–Trinajstić information content (AvgIpc) is 2.67. The number of nitrogens with zero attached hydrogens (tertiary/aromatic N) is 4. The number of rotatable bonds is 1. The summed E-state index contributed by atoms with van der Waals surface area (Å²) in [6, 6.07) is 0. The molecule has 0 fully saturated rings. The Balaban J connectivity index is 2.23. The highest BCUT2D eigenvalue weighted by Crippen LogP contribution is 2.31. The highest BCUT2D eigenvalue weighted by Gasteiger charge is 2.30. The van der Waals surface area contributed by atoms with Crippen LogP contribution in [0, 0.1) is 0 Å². The molecule has 0 spiro atoms. The van der Waals surface area contributed by atoms with Gasteiger partial charge in [-0.05, 0) is 48.0 Å². The summed E-state index contributed by atoms with van der Waals surface area (Å²) in [7, 11) is 1.56. The maximum atomic E-state index is 12.4. The van der Waals surface area contributed by atoms with Crippen LogP contribution >= 0.6 is 11.6 Å². The van der Waals surface area contributed by atoms with Gasteiger partial charge in [-0.3, -0.25) is 9.58 Å². The first-order chi connectivity index (χ1) is 12.3. The molecule has 0 aliphatic carbocycles. The second-order valence-electron chi connectivity index (χ2n) is 8.60. The molecule has 0 bridgehead atoms. The van der Waals surface area contributed by atoms with Gasteiger partial charge in [0.05, 0.1) is 12.2 Å². The van der Waals surface area contributed by atoms with Gasteiger partial charge in [0.1, 0.15) is 16.2 Å². The first kappa shape index (κ1) is 21.3. The van der Waals surface area contributed by atoms with Crippen molar-refractivity contribution in [2.45, 2.75) is 72.3 Å². The van der Waals surface area contributed by atoms with E-state index < -0.39 is 23.4 Å². The molecular weight excluding hydrogens is 372 g/mol. The second kappa shape index (κ2) is 7.58. The van der Waals surface area contributed by atoms with Gasteiger partial charge in [-0.25, -0.2) is 9.59 Å². The van der Waals surface area contributed by atoms with Crippen molar-refractivity contribution in [2.24, 2.45) is 0 Å². The minimum Gasteiger partial charge on any atom is -0.444 e. The maximum absolute atomic E-state index is 12.4. The number of aryl methyl sites for hydroxylation is 1. The minimum atomic E-state index is -0.623. The predicted molar refractivity (Wildman–Crippen MR) is 103 cm³/mol. The topological polar surface area (TPSA) is 76.9 Å². The number of halogens is 1. The molecule has 0 radical (unpaired) electrons. The lowest BCUT2D eigenvalue weighted by molar-refractivity contribution is 0.0236. The molecule has 0 aromatic carbocycles. The number of anilines is 1. The zero-order valence-corrected chi connectivity index (χ0v) is 17.9. The summed E-state index contributed by atoms with van der Waals surface area (Å²) in [5.41, 5.74) is -0.525. The van der Waals surface area contributed by atoms with Gasteiger partial charge in [-0.15, -0.1) is 0 Å². The molecular formula is C18H29ClN4O4. The first-order valence-corrected chi connectivity index (χ1v) is 9.36. The van der Waals surface area contributed by atoms with Crippen LogP contribution in [0.15, 0.2) is 0 Å². The normalized spacial score (nSPS) is 15.0. The van der Waals surface area contributed by atoms with Crippen LogP contribution < -0.4 is 4.90 Å². The fraction of sp³-hybridized carbons (Fsp3) is 0.722. The van der Waals surface area contributed by atoms with Crippen molar-refractivity contribution in [3.63, 3.8) is 0 Å². The molecule has 9 heteroatoms. The third-order valence-electron chi connectivity index (χ3n) is 3.75. The van der Waals surface area contributed by atoms with Gasteiger partial charge >= 0.3 is 12.2 Å². The lowest BCUT2D eigenvalue weighted by atomic mass is 10.2. The lowest BCUT2D eigenvalue weighted by Gasteiger charge is -2.26. The van der Waals surface area contributed by atoms with E-state index in [0.717, 1.165) is 0 Å². The van der Waals surface area contributed by atoms with Crippen molar-refractivity contribution in [3.8, 4) is 0 Å². The molecule has 2 rings (SSSR count). The second-order valence-corrected chi connectivity index (χ2v) is 8.98. The Morgan fingerprint density at radius 3 is 2.22 bits per heavy atom. The number of carbonyl (C=O) groups excluding carboxylic acids is 2. The van der Waals surface area contributed by atoms with Crippen LogP contribution in [0.3, 0.4) is 0 Å². The summed E-state index contributed by atoms with van der Waals surface area (Å²) in [4.78, 5) is 27.7. The molecule has 0 N–H and O–H groups in total. The van der Waals surface area contributed by atoms with Crippen molar-refractivity contribution >= 4 is 29.6 Å². The highest BCUT2D eigenvalue weighted by atomic mass is 35.5. The van der Waals surface area contributed by atoms with Crippen molar-refractivity contribution < 1.29 is 19.1 Å². The van der Waals surface area contributed by atoms with E-state index in [1.165, 1.54) is 4.90 Å². The summed E-state index contributed by atoms with van der Waals surface area (Å²) in [6.45, 7) is 12.3. The van der Waals surface area contributed by atoms with E-state index in [9.17, 15) is 9.59 Å². The monoisotopic (exact) mass is 400 g/mol. The van der Waals surface area contributed by atoms with Crippen molar-refractivity contribution in [3.05, 3.63) is 10.7 Å². The van der Waals surface area contributed by atoms with Gasteiger partial charge in [0.2, 0.25) is 0 Å². The number of aromatic nitrogens is 2. The number of carbonyl (C=O) groups is 2. The molecule has 1 aliphatic heterocycles. The lowest BCUT2D eigenvalue weighted by Crippen LogP contribution is -2.36. The Bertz CT molecular complexity index is 718. The van der Waals surface area contributed by atoms with Gasteiger partial charge < -0.3 is 14.4 Å². The number of ether oxygens (including phenoxy) is 2. The third-order valence-corrected chi connectivity index (χ3v) is 4.14. The average molecular weight is 401 g/mol. The minimum absolute atomic E-state index is 0.267. The Labute approximate surface area is 165 Å². The first-order valence-electron chi connectivity index (χ1n) is 8.98. The van der Waals surface area contributed by atoms with Crippen LogP contribution in [0.5, 0.6) is 0 Å². The standard InChI is InChI=1S/C18H29ClN4O4/c1-17(2,3)26-15(24)21(7)14-13(19)12-11-22(9-8-10-23(12)20-14)16(25)27-18(4,5)6/h8-11H2,1-7H3. The summed E-state index contributed by atoms with van der Waals surface area (Å²) < 4.78 is 12.6. The van der Waals surface area contributed by atoms with Gasteiger partial charge in [-0.2, -0.15) is 5.10 Å². The number of amides is 2. The van der Waals surface area contributed by atoms with E-state index >= 15 is 0 Å². The fourth-order valence-electron chi connectivity index (χ4n) is 2.58. The quantitative estimate of drug-likeness (QED) is 0.710. The van der Waals surface area contributed by atoms with Crippen LogP contribution in [-0.4, -0.2) is 51.7 Å². The van der Waals surface area contributed by atoms with Crippen LogP contribution in [-0.2, 0) is 22.6 Å². The van der Waals surface area contributed by atoms with Crippen molar-refractivity contribution in [2.75, 3.05) is 18.5 Å². The third kappa shape index (κ3) is 5.51. The SMILES string of the molecule is CN(C(=O)OC(C)(C)C)c1nn2c(c1Cl)CN(C(=O)OC(C)(C)C)CCC2. The molecule has 152 valence electrons. The zero-order valence-electron chi connectivity index (χ0n) is 17.1. The fourth-order valence-corrected chi connectivity index (χ4v) is 2.90. The zero-order chi connectivity index (χ0) is 20.6. The molecule has 1 aliphatic rings. The summed E-state index contributed by atoms with van der Waals surface area (Å²) in [5.74, 6) is 0.312. The van der Waals surface area contributed by atoms with Gasteiger partial charge in [-0.1, -0.05) is 11.6 Å². The summed E-state index contributed by atoms with van der Waals surface area (Å²) in [5, 5.41) is 4.79. The van der Waals surface area contributed by atoms with Crippen molar-refractivity contribution in [1.82, 2.24) is 14.7 Å². The van der Waals surface area contributed by atoms with E-state index in [4.69, 9.17) is 21.1 Å². The van der Waals surface area contributed by atoms with E-state index in [1.807, 2.05) is 20.8 Å². The van der Waals surface area contributed by atoms with Crippen LogP contribution in [0.2, 0.25) is 5.02 Å². The Morgan fingerprint density at radius 2 is 1.67 bits per heavy atom. The molecule has 0 atom stereocenters. The Kier molecular flexibility index (Phi) is 5.99. The molecule has 0 unspecified atom stereocenters. The number of fused-ring (bicyclic) bond motifs is 1. The molecule has 1 aromatic heterocycles. The van der Waals surface area contributed by atoms with Crippen LogP contribution in [0.25, 0.3) is 0 Å². The molecule has 2 amide bonds. The molecule has 8 nitrogen and oxygen atoms in total. The van der Waals surface area contributed by atoms with Crippen LogP contribution in [0.4, 0.5) is 15.4 Å². The van der Waals surface area contributed by atoms with E-state index in [0.29, 0.717) is 36.0 Å². The Hall–Kier alpha value is -1.96. The smallest absolute Gasteiger partial charge is 0.415 e. The molecule has 1 aromatic rings. The molecule has 2 heterocycles. The van der Waals surface area contributed by atoms with Crippen LogP contribution in [0.1, 0.15) is 53.7 Å². The Morgan fingerprint density at radius 1 is 1.07 bits per heavy atom. The molecule has 0 saturated carbocycles. The number of hydrogen-bond donors (Lipinski definition) is 0. The van der Waals surface area contributed by atoms with E-state index in [2.05, 4.69) is 5.10 Å². The van der Waals surface area contributed by atoms with E-state index in [-0.39, 0.29) is 6.54 Å². The van der Waals surface area contributed by atoms with Crippen molar-refractivity contribution in [1.29, 1.82) is 0 Å². The number of hydrogen-bond acceptors (Lipinski definition) is 5. The largest absolute Gasteiger partial charge is 0.444 e. The highest BCUT2D eigenvalue weighted by molar-refractivity contribution is 6.34.